The molecule has 3 heteroatoms. The average Bonchev–Trinajstić information content (AvgIpc) is 3.14. The van der Waals surface area contributed by atoms with E-state index in [1.165, 1.54) is 16.7 Å². The highest BCUT2D eigenvalue weighted by Gasteiger charge is 2.46. The van der Waals surface area contributed by atoms with Gasteiger partial charge in [0.25, 0.3) is 0 Å². The molecular formula is C16H22N2O. The molecule has 0 spiro atoms. The van der Waals surface area contributed by atoms with E-state index in [9.17, 15) is 4.79 Å². The van der Waals surface area contributed by atoms with Crippen molar-refractivity contribution >= 4 is 5.91 Å². The van der Waals surface area contributed by atoms with Crippen molar-refractivity contribution in [3.8, 4) is 0 Å². The maximum Gasteiger partial charge on any atom is 0.241 e. The van der Waals surface area contributed by atoms with Gasteiger partial charge in [-0.3, -0.25) is 10.1 Å². The molecule has 1 aliphatic carbocycles. The van der Waals surface area contributed by atoms with Gasteiger partial charge in [0.05, 0.1) is 6.04 Å². The molecule has 1 aromatic rings. The second kappa shape index (κ2) is 4.64. The minimum Gasteiger partial charge on any atom is -0.319 e. The van der Waals surface area contributed by atoms with Gasteiger partial charge in [0.1, 0.15) is 6.17 Å². The van der Waals surface area contributed by atoms with Crippen molar-refractivity contribution in [1.82, 2.24) is 10.2 Å². The van der Waals surface area contributed by atoms with Crippen LogP contribution in [0.15, 0.2) is 18.2 Å². The molecule has 2 fully saturated rings. The van der Waals surface area contributed by atoms with Crippen LogP contribution in [0, 0.1) is 13.8 Å². The largest absolute Gasteiger partial charge is 0.319 e. The Morgan fingerprint density at radius 1 is 1.32 bits per heavy atom. The van der Waals surface area contributed by atoms with Gasteiger partial charge < -0.3 is 4.90 Å². The van der Waals surface area contributed by atoms with Gasteiger partial charge in [-0.05, 0) is 44.2 Å². The van der Waals surface area contributed by atoms with Gasteiger partial charge in [0, 0.05) is 6.04 Å². The molecule has 1 N–H and O–H groups in total. The van der Waals surface area contributed by atoms with E-state index in [-0.39, 0.29) is 18.1 Å². The smallest absolute Gasteiger partial charge is 0.241 e. The van der Waals surface area contributed by atoms with Crippen LogP contribution in [0.4, 0.5) is 0 Å². The minimum atomic E-state index is -0.00805. The average molecular weight is 258 g/mol. The number of carbonyl (C=O) groups excluding carboxylic acids is 1. The number of benzene rings is 1. The first-order chi connectivity index (χ1) is 9.11. The quantitative estimate of drug-likeness (QED) is 0.904. The molecule has 3 nitrogen and oxygen atoms in total. The second-order valence-corrected chi connectivity index (χ2v) is 5.87. The Kier molecular flexibility index (Phi) is 3.09. The highest BCUT2D eigenvalue weighted by Crippen LogP contribution is 2.38. The zero-order chi connectivity index (χ0) is 13.6. The van der Waals surface area contributed by atoms with Gasteiger partial charge in [-0.1, -0.05) is 30.7 Å². The van der Waals surface area contributed by atoms with E-state index < -0.39 is 0 Å². The molecule has 1 aromatic carbocycles. The number of carbonyl (C=O) groups is 1. The lowest BCUT2D eigenvalue weighted by Crippen LogP contribution is -2.33. The summed E-state index contributed by atoms with van der Waals surface area (Å²) in [7, 11) is 0. The summed E-state index contributed by atoms with van der Waals surface area (Å²) >= 11 is 0. The Hall–Kier alpha value is -1.35. The van der Waals surface area contributed by atoms with Gasteiger partial charge in [-0.15, -0.1) is 0 Å². The second-order valence-electron chi connectivity index (χ2n) is 5.87. The molecular weight excluding hydrogens is 236 g/mol. The van der Waals surface area contributed by atoms with Crippen molar-refractivity contribution in [2.24, 2.45) is 0 Å². The molecule has 1 amide bonds. The van der Waals surface area contributed by atoms with Gasteiger partial charge >= 0.3 is 0 Å². The lowest BCUT2D eigenvalue weighted by molar-refractivity contribution is -0.130. The van der Waals surface area contributed by atoms with Crippen LogP contribution in [0.25, 0.3) is 0 Å². The van der Waals surface area contributed by atoms with Crippen LogP contribution in [-0.2, 0) is 4.79 Å². The summed E-state index contributed by atoms with van der Waals surface area (Å²) in [6.45, 7) is 6.32. The highest BCUT2D eigenvalue weighted by molar-refractivity contribution is 5.85. The summed E-state index contributed by atoms with van der Waals surface area (Å²) < 4.78 is 0. The van der Waals surface area contributed by atoms with Crippen LogP contribution in [0.3, 0.4) is 0 Å². The number of nitrogens with zero attached hydrogens (tertiary/aromatic N) is 1. The van der Waals surface area contributed by atoms with E-state index in [4.69, 9.17) is 0 Å². The first-order valence-corrected chi connectivity index (χ1v) is 7.27. The summed E-state index contributed by atoms with van der Waals surface area (Å²) in [5, 5.41) is 3.51. The van der Waals surface area contributed by atoms with Crippen LogP contribution in [0.5, 0.6) is 0 Å². The van der Waals surface area contributed by atoms with Gasteiger partial charge in [0.2, 0.25) is 5.91 Å². The van der Waals surface area contributed by atoms with E-state index in [1.54, 1.807) is 0 Å². The number of amides is 1. The summed E-state index contributed by atoms with van der Waals surface area (Å²) in [4.78, 5) is 14.5. The molecule has 0 aromatic heterocycles. The number of nitrogens with one attached hydrogen (secondary N) is 1. The zero-order valence-electron chi connectivity index (χ0n) is 11.9. The maximum atomic E-state index is 12.4. The van der Waals surface area contributed by atoms with Crippen molar-refractivity contribution < 1.29 is 4.79 Å². The molecule has 0 bridgehead atoms. The van der Waals surface area contributed by atoms with Gasteiger partial charge in [-0.25, -0.2) is 0 Å². The van der Waals surface area contributed by atoms with Crippen LogP contribution in [0.1, 0.15) is 49.0 Å². The Morgan fingerprint density at radius 3 is 2.63 bits per heavy atom. The van der Waals surface area contributed by atoms with E-state index in [2.05, 4.69) is 49.2 Å². The molecule has 3 rings (SSSR count). The molecule has 1 saturated heterocycles. The summed E-state index contributed by atoms with van der Waals surface area (Å²) in [6.07, 6.45) is 3.26. The third kappa shape index (κ3) is 2.16. The van der Waals surface area contributed by atoms with Crippen molar-refractivity contribution in [3.05, 3.63) is 34.9 Å². The van der Waals surface area contributed by atoms with E-state index in [1.807, 2.05) is 0 Å². The normalized spacial score (nSPS) is 27.1. The Bertz CT molecular complexity index is 507. The first-order valence-electron chi connectivity index (χ1n) is 7.27. The molecule has 1 aliphatic heterocycles. The minimum absolute atomic E-state index is 0.00805. The van der Waals surface area contributed by atoms with Crippen molar-refractivity contribution in [1.29, 1.82) is 0 Å². The lowest BCUT2D eigenvalue weighted by Gasteiger charge is -2.25. The Balaban J connectivity index is 1.95. The van der Waals surface area contributed by atoms with Gasteiger partial charge in [-0.2, -0.15) is 0 Å². The third-order valence-electron chi connectivity index (χ3n) is 4.26. The predicted octanol–water partition coefficient (Wildman–Crippen LogP) is 2.67. The number of aryl methyl sites for hydroxylation is 2. The molecule has 2 atom stereocenters. The van der Waals surface area contributed by atoms with Crippen LogP contribution >= 0.6 is 0 Å². The summed E-state index contributed by atoms with van der Waals surface area (Å²) in [5.41, 5.74) is 3.80. The predicted molar refractivity (Wildman–Crippen MR) is 75.7 cm³/mol. The first kappa shape index (κ1) is 12.7. The number of hydrogen-bond donors (Lipinski definition) is 1. The molecule has 2 aliphatic rings. The SMILES string of the molecule is CCC1NC(c2ccc(C)cc2C)N(C2CC2)C1=O. The fraction of sp³-hybridized carbons (Fsp3) is 0.562. The molecule has 102 valence electrons. The Morgan fingerprint density at radius 2 is 2.05 bits per heavy atom. The number of hydrogen-bond acceptors (Lipinski definition) is 2. The number of rotatable bonds is 3. The van der Waals surface area contributed by atoms with Crippen molar-refractivity contribution in [3.63, 3.8) is 0 Å². The lowest BCUT2D eigenvalue weighted by atomic mass is 10.0. The fourth-order valence-corrected chi connectivity index (χ4v) is 3.06. The van der Waals surface area contributed by atoms with E-state index in [0.717, 1.165) is 19.3 Å². The molecule has 1 heterocycles. The Labute approximate surface area is 115 Å². The van der Waals surface area contributed by atoms with Crippen molar-refractivity contribution in [2.45, 2.75) is 58.3 Å². The van der Waals surface area contributed by atoms with Crippen LogP contribution in [-0.4, -0.2) is 22.9 Å². The molecule has 0 radical (unpaired) electrons. The topological polar surface area (TPSA) is 32.3 Å². The molecule has 2 unspecified atom stereocenters. The van der Waals surface area contributed by atoms with Crippen LogP contribution < -0.4 is 5.32 Å². The molecule has 1 saturated carbocycles. The summed E-state index contributed by atoms with van der Waals surface area (Å²) in [5.74, 6) is 0.287. The van der Waals surface area contributed by atoms with E-state index in [0.29, 0.717) is 6.04 Å². The highest BCUT2D eigenvalue weighted by atomic mass is 16.2. The third-order valence-corrected chi connectivity index (χ3v) is 4.26. The fourth-order valence-electron chi connectivity index (χ4n) is 3.06. The maximum absolute atomic E-state index is 12.4. The summed E-state index contributed by atoms with van der Waals surface area (Å²) in [6, 6.07) is 6.96. The van der Waals surface area contributed by atoms with Crippen LogP contribution in [0.2, 0.25) is 0 Å². The van der Waals surface area contributed by atoms with Gasteiger partial charge in [0.15, 0.2) is 0 Å². The van der Waals surface area contributed by atoms with E-state index >= 15 is 0 Å². The zero-order valence-corrected chi connectivity index (χ0v) is 11.9. The molecule has 19 heavy (non-hydrogen) atoms. The monoisotopic (exact) mass is 258 g/mol. The van der Waals surface area contributed by atoms with Crippen molar-refractivity contribution in [2.75, 3.05) is 0 Å². The standard InChI is InChI=1S/C16H22N2O/c1-4-14-16(19)18(12-6-7-12)15(17-14)13-8-5-10(2)9-11(13)3/h5,8-9,12,14-15,17H,4,6-7H2,1-3H3.